The number of aliphatic carboxylic acids is 1. The fourth-order valence-electron chi connectivity index (χ4n) is 3.57. The summed E-state index contributed by atoms with van der Waals surface area (Å²) in [4.78, 5) is 24.9. The fraction of sp³-hybridized carbons (Fsp3) is 0.565. The van der Waals surface area contributed by atoms with E-state index in [0.717, 1.165) is 43.7 Å². The van der Waals surface area contributed by atoms with Crippen LogP contribution in [0.25, 0.3) is 0 Å². The minimum absolute atomic E-state index is 0.190. The Bertz CT molecular complexity index is 677. The van der Waals surface area contributed by atoms with Crippen molar-refractivity contribution in [3.05, 3.63) is 47.5 Å². The second kappa shape index (κ2) is 13.4. The zero-order valence-corrected chi connectivity index (χ0v) is 18.2. The molecule has 5 nitrogen and oxygen atoms in total. The van der Waals surface area contributed by atoms with E-state index in [2.05, 4.69) is 36.4 Å². The summed E-state index contributed by atoms with van der Waals surface area (Å²) in [5, 5.41) is 8.68. The van der Waals surface area contributed by atoms with Crippen molar-refractivity contribution in [2.75, 3.05) is 25.2 Å². The SMILES string of the molecule is COCc1cccc(CC/C=C/C2CCCC(=O)N2CCSCCCC(=O)O)c1. The molecule has 1 fully saturated rings. The van der Waals surface area contributed by atoms with E-state index in [9.17, 15) is 9.59 Å². The molecular weight excluding hydrogens is 386 g/mol. The van der Waals surface area contributed by atoms with Gasteiger partial charge >= 0.3 is 5.97 Å². The van der Waals surface area contributed by atoms with E-state index in [1.165, 1.54) is 11.1 Å². The third-order valence-electron chi connectivity index (χ3n) is 5.03. The first-order valence-corrected chi connectivity index (χ1v) is 11.6. The summed E-state index contributed by atoms with van der Waals surface area (Å²) < 4.78 is 5.19. The zero-order chi connectivity index (χ0) is 20.9. The Labute approximate surface area is 178 Å². The summed E-state index contributed by atoms with van der Waals surface area (Å²) in [7, 11) is 1.71. The molecule has 1 atom stereocenters. The van der Waals surface area contributed by atoms with Gasteiger partial charge in [-0.05, 0) is 49.0 Å². The number of hydrogen-bond donors (Lipinski definition) is 1. The van der Waals surface area contributed by atoms with Gasteiger partial charge in [0.05, 0.1) is 6.61 Å². The van der Waals surface area contributed by atoms with Gasteiger partial charge in [0.15, 0.2) is 0 Å². The Balaban J connectivity index is 1.76. The molecule has 29 heavy (non-hydrogen) atoms. The average Bonchev–Trinajstić information content (AvgIpc) is 2.70. The van der Waals surface area contributed by atoms with Crippen LogP contribution in [-0.4, -0.2) is 53.1 Å². The van der Waals surface area contributed by atoms with E-state index in [0.29, 0.717) is 19.4 Å². The monoisotopic (exact) mass is 419 g/mol. The first-order valence-electron chi connectivity index (χ1n) is 10.4. The quantitative estimate of drug-likeness (QED) is 0.381. The van der Waals surface area contributed by atoms with E-state index in [4.69, 9.17) is 9.84 Å². The van der Waals surface area contributed by atoms with Gasteiger partial charge in [0.2, 0.25) is 5.91 Å². The van der Waals surface area contributed by atoms with Crippen molar-refractivity contribution < 1.29 is 19.4 Å². The molecule has 0 spiro atoms. The Morgan fingerprint density at radius 3 is 2.97 bits per heavy atom. The number of benzene rings is 1. The molecular formula is C23H33NO4S. The number of carbonyl (C=O) groups is 2. The topological polar surface area (TPSA) is 66.8 Å². The van der Waals surface area contributed by atoms with Gasteiger partial charge < -0.3 is 14.7 Å². The van der Waals surface area contributed by atoms with Crippen LogP contribution in [0.3, 0.4) is 0 Å². The highest BCUT2D eigenvalue weighted by Crippen LogP contribution is 2.20. The number of piperidine rings is 1. The number of amides is 1. The normalized spacial score (nSPS) is 17.2. The summed E-state index contributed by atoms with van der Waals surface area (Å²) in [6.07, 6.45) is 9.86. The van der Waals surface area contributed by atoms with Crippen LogP contribution >= 0.6 is 11.8 Å². The highest BCUT2D eigenvalue weighted by molar-refractivity contribution is 7.99. The van der Waals surface area contributed by atoms with Crippen LogP contribution < -0.4 is 0 Å². The van der Waals surface area contributed by atoms with Gasteiger partial charge in [-0.25, -0.2) is 0 Å². The van der Waals surface area contributed by atoms with Gasteiger partial charge in [-0.15, -0.1) is 0 Å². The van der Waals surface area contributed by atoms with Gasteiger partial charge in [-0.2, -0.15) is 11.8 Å². The molecule has 0 aliphatic carbocycles. The number of nitrogens with zero attached hydrogens (tertiary/aromatic N) is 1. The molecule has 1 unspecified atom stereocenters. The Hall–Kier alpha value is -1.79. The third-order valence-corrected chi connectivity index (χ3v) is 6.08. The number of thioether (sulfide) groups is 1. The van der Waals surface area contributed by atoms with E-state index in [1.54, 1.807) is 18.9 Å². The van der Waals surface area contributed by atoms with Crippen molar-refractivity contribution in [1.82, 2.24) is 4.90 Å². The molecule has 1 aromatic carbocycles. The zero-order valence-electron chi connectivity index (χ0n) is 17.3. The molecule has 1 heterocycles. The molecule has 1 aliphatic heterocycles. The summed E-state index contributed by atoms with van der Waals surface area (Å²) in [6.45, 7) is 1.38. The van der Waals surface area contributed by atoms with Crippen molar-refractivity contribution in [2.24, 2.45) is 0 Å². The summed E-state index contributed by atoms with van der Waals surface area (Å²) in [5.74, 6) is 1.19. The van der Waals surface area contributed by atoms with Crippen molar-refractivity contribution in [3.63, 3.8) is 0 Å². The second-order valence-corrected chi connectivity index (χ2v) is 8.60. The molecule has 0 bridgehead atoms. The van der Waals surface area contributed by atoms with Crippen molar-refractivity contribution in [3.8, 4) is 0 Å². The number of aryl methyl sites for hydroxylation is 1. The Kier molecular flexibility index (Phi) is 10.9. The van der Waals surface area contributed by atoms with E-state index in [1.807, 2.05) is 4.90 Å². The minimum Gasteiger partial charge on any atom is -0.481 e. The van der Waals surface area contributed by atoms with Gasteiger partial charge in [0.25, 0.3) is 0 Å². The number of carboxylic acid groups (broad SMARTS) is 1. The number of hydrogen-bond acceptors (Lipinski definition) is 4. The predicted molar refractivity (Wildman–Crippen MR) is 118 cm³/mol. The minimum atomic E-state index is -0.743. The smallest absolute Gasteiger partial charge is 0.303 e. The number of ether oxygens (including phenoxy) is 1. The molecule has 1 N–H and O–H groups in total. The van der Waals surface area contributed by atoms with Crippen LogP contribution in [0.15, 0.2) is 36.4 Å². The summed E-state index contributed by atoms with van der Waals surface area (Å²) in [6, 6.07) is 8.67. The molecule has 0 aromatic heterocycles. The van der Waals surface area contributed by atoms with Crippen molar-refractivity contribution in [1.29, 1.82) is 0 Å². The van der Waals surface area contributed by atoms with Crippen LogP contribution in [0.1, 0.15) is 49.7 Å². The second-order valence-electron chi connectivity index (χ2n) is 7.38. The molecule has 0 saturated carbocycles. The largest absolute Gasteiger partial charge is 0.481 e. The first kappa shape index (κ1) is 23.5. The number of likely N-dealkylation sites (tertiary alicyclic amines) is 1. The molecule has 1 saturated heterocycles. The maximum Gasteiger partial charge on any atom is 0.303 e. The first-order chi connectivity index (χ1) is 14.1. The van der Waals surface area contributed by atoms with Crippen LogP contribution in [0.4, 0.5) is 0 Å². The van der Waals surface area contributed by atoms with E-state index >= 15 is 0 Å². The average molecular weight is 420 g/mol. The third kappa shape index (κ3) is 9.05. The molecule has 1 amide bonds. The lowest BCUT2D eigenvalue weighted by molar-refractivity contribution is -0.137. The van der Waals surface area contributed by atoms with E-state index in [-0.39, 0.29) is 18.4 Å². The summed E-state index contributed by atoms with van der Waals surface area (Å²) in [5.41, 5.74) is 2.50. The Morgan fingerprint density at radius 1 is 1.34 bits per heavy atom. The molecule has 1 aromatic rings. The summed E-state index contributed by atoms with van der Waals surface area (Å²) >= 11 is 1.73. The lowest BCUT2D eigenvalue weighted by Gasteiger charge is -2.34. The van der Waals surface area contributed by atoms with Gasteiger partial charge in [0.1, 0.15) is 0 Å². The number of allylic oxidation sites excluding steroid dienone is 1. The number of carboxylic acids is 1. The van der Waals surface area contributed by atoms with Crippen molar-refractivity contribution >= 4 is 23.6 Å². The molecule has 6 heteroatoms. The predicted octanol–water partition coefficient (Wildman–Crippen LogP) is 4.30. The molecule has 160 valence electrons. The van der Waals surface area contributed by atoms with Gasteiger partial charge in [-0.1, -0.05) is 36.4 Å². The van der Waals surface area contributed by atoms with Crippen molar-refractivity contribution in [2.45, 2.75) is 57.6 Å². The molecule has 1 aliphatic rings. The van der Waals surface area contributed by atoms with E-state index < -0.39 is 5.97 Å². The Morgan fingerprint density at radius 2 is 2.17 bits per heavy atom. The highest BCUT2D eigenvalue weighted by Gasteiger charge is 2.25. The van der Waals surface area contributed by atoms with Gasteiger partial charge in [0, 0.05) is 38.3 Å². The van der Waals surface area contributed by atoms with Crippen LogP contribution in [-0.2, 0) is 27.4 Å². The van der Waals surface area contributed by atoms with Gasteiger partial charge in [-0.3, -0.25) is 9.59 Å². The van der Waals surface area contributed by atoms with Crippen LogP contribution in [0.2, 0.25) is 0 Å². The van der Waals surface area contributed by atoms with Crippen LogP contribution in [0, 0.1) is 0 Å². The fourth-order valence-corrected chi connectivity index (χ4v) is 4.45. The number of rotatable bonds is 13. The van der Waals surface area contributed by atoms with Crippen LogP contribution in [0.5, 0.6) is 0 Å². The highest BCUT2D eigenvalue weighted by atomic mass is 32.2. The lowest BCUT2D eigenvalue weighted by atomic mass is 10.00. The molecule has 0 radical (unpaired) electrons. The number of methoxy groups -OCH3 is 1. The molecule has 2 rings (SSSR count). The number of carbonyl (C=O) groups excluding carboxylic acids is 1. The standard InChI is InChI=1S/C23H33NO4S/c1-28-18-20-9-4-8-19(17-20)7-2-3-10-21-11-5-12-22(25)24(21)14-16-29-15-6-13-23(26)27/h3-4,8-10,17,21H,2,5-7,11-16,18H2,1H3,(H,26,27)/b10-3+. The lowest BCUT2D eigenvalue weighted by Crippen LogP contribution is -2.43. The maximum absolute atomic E-state index is 12.4. The maximum atomic E-state index is 12.4.